The summed E-state index contributed by atoms with van der Waals surface area (Å²) in [6.07, 6.45) is 1.60. The summed E-state index contributed by atoms with van der Waals surface area (Å²) in [6.45, 7) is 6.35. The molecule has 38 heavy (non-hydrogen) atoms. The third-order valence-corrected chi connectivity index (χ3v) is 7.32. The second-order valence-corrected chi connectivity index (χ2v) is 10.1. The molecule has 1 aromatic carbocycles. The predicted molar refractivity (Wildman–Crippen MR) is 149 cm³/mol. The lowest BCUT2D eigenvalue weighted by Gasteiger charge is -2.36. The summed E-state index contributed by atoms with van der Waals surface area (Å²) in [4.78, 5) is 29.0. The van der Waals surface area contributed by atoms with E-state index in [2.05, 4.69) is 39.4 Å². The van der Waals surface area contributed by atoms with E-state index in [4.69, 9.17) is 37.7 Å². The predicted octanol–water partition coefficient (Wildman–Crippen LogP) is 4.34. The second-order valence-electron chi connectivity index (χ2n) is 9.37. The molecule has 1 saturated heterocycles. The van der Waals surface area contributed by atoms with Crippen LogP contribution in [0.15, 0.2) is 41.5 Å². The minimum atomic E-state index is -0.287. The van der Waals surface area contributed by atoms with Gasteiger partial charge in [-0.05, 0) is 38.1 Å². The first-order valence-corrected chi connectivity index (χ1v) is 13.0. The van der Waals surface area contributed by atoms with Crippen LogP contribution in [0.3, 0.4) is 0 Å². The molecule has 0 unspecified atom stereocenters. The lowest BCUT2D eigenvalue weighted by Crippen LogP contribution is -2.54. The highest BCUT2D eigenvalue weighted by molar-refractivity contribution is 6.41. The minimum Gasteiger partial charge on any atom is -0.495 e. The SMILES string of the molecule is COc1cc(OC)c(Cl)c(-c2ccc3c(n2)CN=C3NC(=O)c2ccc(N3C[C@@H](C)N[C@@H](C)C3)nc2)c1Cl. The molecule has 1 fully saturated rings. The minimum absolute atomic E-state index is 0.287. The summed E-state index contributed by atoms with van der Waals surface area (Å²) in [5.74, 6) is 1.88. The maximum absolute atomic E-state index is 13.0. The summed E-state index contributed by atoms with van der Waals surface area (Å²) >= 11 is 13.1. The number of amides is 1. The molecule has 1 amide bonds. The number of aromatic nitrogens is 2. The number of piperazine rings is 1. The molecule has 0 spiro atoms. The topological polar surface area (TPSA) is 101 Å². The Morgan fingerprint density at radius 2 is 1.74 bits per heavy atom. The van der Waals surface area contributed by atoms with Gasteiger partial charge in [-0.1, -0.05) is 23.2 Å². The zero-order valence-corrected chi connectivity index (χ0v) is 23.0. The number of nitrogens with one attached hydrogen (secondary N) is 2. The number of fused-ring (bicyclic) bond motifs is 1. The van der Waals surface area contributed by atoms with Gasteiger partial charge in [0.2, 0.25) is 0 Å². The van der Waals surface area contributed by atoms with E-state index < -0.39 is 0 Å². The summed E-state index contributed by atoms with van der Waals surface area (Å²) in [7, 11) is 3.04. The monoisotopic (exact) mass is 554 g/mol. The molecule has 0 aliphatic carbocycles. The standard InChI is InChI=1S/C27H28Cl2N6O3/c1-14-12-35(13-15(2)32-14)22-8-5-16(10-30-22)27(36)34-26-17-6-7-18(33-19(17)11-31-26)23-24(28)20(37-3)9-21(38-4)25(23)29/h5-10,14-15,32H,11-13H2,1-4H3,(H,31,34,36)/t14-,15+. The number of carbonyl (C=O) groups is 1. The van der Waals surface area contributed by atoms with Crippen LogP contribution in [-0.2, 0) is 6.54 Å². The molecule has 11 heteroatoms. The number of amidine groups is 1. The Kier molecular flexibility index (Phi) is 7.43. The molecule has 2 aromatic heterocycles. The van der Waals surface area contributed by atoms with E-state index in [1.54, 1.807) is 24.4 Å². The first-order chi connectivity index (χ1) is 18.3. The van der Waals surface area contributed by atoms with Gasteiger partial charge < -0.3 is 25.0 Å². The number of pyridine rings is 2. The van der Waals surface area contributed by atoms with E-state index in [0.29, 0.717) is 68.5 Å². The molecule has 0 saturated carbocycles. The van der Waals surface area contributed by atoms with Gasteiger partial charge in [0, 0.05) is 48.6 Å². The zero-order valence-electron chi connectivity index (χ0n) is 21.5. The highest BCUT2D eigenvalue weighted by Gasteiger charge is 2.25. The molecule has 3 aromatic rings. The average Bonchev–Trinajstić information content (AvgIpc) is 3.30. The van der Waals surface area contributed by atoms with Crippen LogP contribution in [-0.4, -0.2) is 61.1 Å². The number of carbonyl (C=O) groups excluding carboxylic acids is 1. The Balaban J connectivity index is 1.33. The van der Waals surface area contributed by atoms with Crippen LogP contribution in [0, 0.1) is 0 Å². The van der Waals surface area contributed by atoms with E-state index in [9.17, 15) is 4.79 Å². The van der Waals surface area contributed by atoms with Crippen molar-refractivity contribution >= 4 is 40.8 Å². The first-order valence-electron chi connectivity index (χ1n) is 12.2. The molecule has 9 nitrogen and oxygen atoms in total. The average molecular weight is 555 g/mol. The van der Waals surface area contributed by atoms with Gasteiger partial charge in [-0.3, -0.25) is 9.79 Å². The van der Waals surface area contributed by atoms with E-state index in [-0.39, 0.29) is 5.91 Å². The fraction of sp³-hybridized carbons (Fsp3) is 0.333. The number of hydrogen-bond donors (Lipinski definition) is 2. The maximum Gasteiger partial charge on any atom is 0.258 e. The number of anilines is 1. The first kappa shape index (κ1) is 26.2. The Bertz CT molecular complexity index is 1370. The molecule has 4 heterocycles. The number of benzene rings is 1. The third kappa shape index (κ3) is 5.01. The van der Waals surface area contributed by atoms with Gasteiger partial charge >= 0.3 is 0 Å². The Morgan fingerprint density at radius 3 is 2.34 bits per heavy atom. The highest BCUT2D eigenvalue weighted by atomic mass is 35.5. The number of halogens is 2. The van der Waals surface area contributed by atoms with Crippen molar-refractivity contribution in [1.82, 2.24) is 20.6 Å². The molecule has 2 aliphatic rings. The van der Waals surface area contributed by atoms with Crippen molar-refractivity contribution in [3.63, 3.8) is 0 Å². The zero-order chi connectivity index (χ0) is 27.0. The van der Waals surface area contributed by atoms with Crippen molar-refractivity contribution in [3.05, 3.63) is 63.4 Å². The number of hydrogen-bond acceptors (Lipinski definition) is 8. The maximum atomic E-state index is 13.0. The van der Waals surface area contributed by atoms with Gasteiger partial charge in [0.25, 0.3) is 5.91 Å². The fourth-order valence-electron chi connectivity index (χ4n) is 4.83. The number of rotatable bonds is 5. The van der Waals surface area contributed by atoms with Crippen LogP contribution < -0.4 is 25.0 Å². The van der Waals surface area contributed by atoms with Gasteiger partial charge in [-0.15, -0.1) is 0 Å². The lowest BCUT2D eigenvalue weighted by atomic mass is 10.1. The summed E-state index contributed by atoms with van der Waals surface area (Å²) in [5.41, 5.74) is 2.94. The largest absolute Gasteiger partial charge is 0.495 e. The highest BCUT2D eigenvalue weighted by Crippen LogP contribution is 2.45. The number of ether oxygens (including phenoxy) is 2. The van der Waals surface area contributed by atoms with Gasteiger partial charge in [0.05, 0.1) is 47.8 Å². The smallest absolute Gasteiger partial charge is 0.258 e. The van der Waals surface area contributed by atoms with Gasteiger partial charge in [0.15, 0.2) is 0 Å². The molecule has 2 aliphatic heterocycles. The van der Waals surface area contributed by atoms with E-state index in [0.717, 1.165) is 24.5 Å². The van der Waals surface area contributed by atoms with Crippen LogP contribution in [0.4, 0.5) is 5.82 Å². The molecule has 2 atom stereocenters. The Labute approximate surface area is 231 Å². The summed E-state index contributed by atoms with van der Waals surface area (Å²) < 4.78 is 10.7. The van der Waals surface area contributed by atoms with Crippen LogP contribution in [0.5, 0.6) is 11.5 Å². The van der Waals surface area contributed by atoms with Gasteiger partial charge in [-0.2, -0.15) is 0 Å². The van der Waals surface area contributed by atoms with Crippen LogP contribution >= 0.6 is 23.2 Å². The van der Waals surface area contributed by atoms with Crippen LogP contribution in [0.2, 0.25) is 10.0 Å². The molecule has 198 valence electrons. The summed E-state index contributed by atoms with van der Waals surface area (Å²) in [6, 6.07) is 9.66. The normalized spacial score (nSPS) is 18.6. The number of methoxy groups -OCH3 is 2. The van der Waals surface area contributed by atoms with Gasteiger partial charge in [0.1, 0.15) is 23.2 Å². The van der Waals surface area contributed by atoms with Crippen molar-refractivity contribution in [2.24, 2.45) is 4.99 Å². The summed E-state index contributed by atoms with van der Waals surface area (Å²) in [5, 5.41) is 7.07. The molecular weight excluding hydrogens is 527 g/mol. The van der Waals surface area contributed by atoms with E-state index in [1.807, 2.05) is 12.1 Å². The molecule has 0 radical (unpaired) electrons. The lowest BCUT2D eigenvalue weighted by molar-refractivity contribution is 0.0977. The second kappa shape index (κ2) is 10.8. The molecular formula is C27H28Cl2N6O3. The Hall–Kier alpha value is -3.40. The molecule has 5 rings (SSSR count). The molecule has 0 bridgehead atoms. The van der Waals surface area contributed by atoms with E-state index >= 15 is 0 Å². The van der Waals surface area contributed by atoms with Crippen LogP contribution in [0.25, 0.3) is 11.3 Å². The van der Waals surface area contributed by atoms with Crippen molar-refractivity contribution in [3.8, 4) is 22.8 Å². The van der Waals surface area contributed by atoms with Crippen molar-refractivity contribution in [1.29, 1.82) is 0 Å². The van der Waals surface area contributed by atoms with Gasteiger partial charge in [-0.25, -0.2) is 9.97 Å². The van der Waals surface area contributed by atoms with E-state index in [1.165, 1.54) is 14.2 Å². The number of nitrogens with zero attached hydrogens (tertiary/aromatic N) is 4. The van der Waals surface area contributed by atoms with Crippen molar-refractivity contribution < 1.29 is 14.3 Å². The van der Waals surface area contributed by atoms with Crippen molar-refractivity contribution in [2.45, 2.75) is 32.5 Å². The van der Waals surface area contributed by atoms with Crippen LogP contribution in [0.1, 0.15) is 35.5 Å². The third-order valence-electron chi connectivity index (χ3n) is 6.57. The van der Waals surface area contributed by atoms with Crippen molar-refractivity contribution in [2.75, 3.05) is 32.2 Å². The Morgan fingerprint density at radius 1 is 1.05 bits per heavy atom. The quantitative estimate of drug-likeness (QED) is 0.483. The fourth-order valence-corrected chi connectivity index (χ4v) is 5.53. The number of aliphatic imine (C=N–C) groups is 1. The molecule has 2 N–H and O–H groups in total.